The first kappa shape index (κ1) is 25.6. The summed E-state index contributed by atoms with van der Waals surface area (Å²) in [5, 5.41) is 4.42. The largest absolute Gasteiger partial charge is 0.379 e. The molecule has 1 aromatic rings. The van der Waals surface area contributed by atoms with E-state index in [-0.39, 0.29) is 31.0 Å². The number of hydrogen-bond acceptors (Lipinski definition) is 6. The molecule has 0 aromatic heterocycles. The second-order valence-electron chi connectivity index (χ2n) is 9.60. The third kappa shape index (κ3) is 7.78. The third-order valence-corrected chi connectivity index (χ3v) is 7.47. The molecule has 3 rings (SSSR count). The van der Waals surface area contributed by atoms with Crippen molar-refractivity contribution < 1.29 is 23.8 Å². The Morgan fingerprint density at radius 2 is 1.91 bits per heavy atom. The lowest BCUT2D eigenvalue weighted by Crippen LogP contribution is -2.54. The average Bonchev–Trinajstić information content (AvgIpc) is 2.92. The van der Waals surface area contributed by atoms with Crippen LogP contribution >= 0.6 is 0 Å². The SMILES string of the molecule is CCOC(O[C@@H]1CN(C(=O)CN2CCOCC2)NC(=O)N[C@@H]1Cc1ccccc1)[Si](C)(C)C. The molecule has 2 saturated heterocycles. The fraction of sp³-hybridized carbons (Fsp3) is 0.652. The van der Waals surface area contributed by atoms with Crippen LogP contribution in [0.15, 0.2) is 30.3 Å². The van der Waals surface area contributed by atoms with Crippen molar-refractivity contribution in [3.63, 3.8) is 0 Å². The minimum atomic E-state index is -1.83. The first-order valence-corrected chi connectivity index (χ1v) is 15.3. The highest BCUT2D eigenvalue weighted by molar-refractivity contribution is 6.77. The zero-order chi connectivity index (χ0) is 23.8. The molecule has 1 unspecified atom stereocenters. The second kappa shape index (κ2) is 11.9. The Morgan fingerprint density at radius 1 is 1.21 bits per heavy atom. The number of hydrogen-bond donors (Lipinski definition) is 2. The summed E-state index contributed by atoms with van der Waals surface area (Å²) in [6, 6.07) is 9.26. The van der Waals surface area contributed by atoms with E-state index in [0.717, 1.165) is 5.56 Å². The minimum absolute atomic E-state index is 0.165. The van der Waals surface area contributed by atoms with Gasteiger partial charge in [0.25, 0.3) is 5.91 Å². The molecule has 2 N–H and O–H groups in total. The summed E-state index contributed by atoms with van der Waals surface area (Å²) in [4.78, 5) is 27.9. The molecule has 3 atom stereocenters. The minimum Gasteiger partial charge on any atom is -0.379 e. The normalized spacial score (nSPS) is 23.4. The van der Waals surface area contributed by atoms with Crippen LogP contribution in [0.1, 0.15) is 12.5 Å². The number of carbonyl (C=O) groups is 2. The summed E-state index contributed by atoms with van der Waals surface area (Å²) < 4.78 is 17.9. The van der Waals surface area contributed by atoms with Gasteiger partial charge in [-0.3, -0.25) is 9.69 Å². The van der Waals surface area contributed by atoms with Gasteiger partial charge < -0.3 is 19.5 Å². The molecule has 2 fully saturated rings. The molecule has 2 aliphatic rings. The number of urea groups is 1. The van der Waals surface area contributed by atoms with Crippen molar-refractivity contribution in [3.05, 3.63) is 35.9 Å². The molecule has 9 nitrogen and oxygen atoms in total. The highest BCUT2D eigenvalue weighted by atomic mass is 28.3. The van der Waals surface area contributed by atoms with Crippen LogP contribution in [0.5, 0.6) is 0 Å². The fourth-order valence-electron chi connectivity index (χ4n) is 3.96. The van der Waals surface area contributed by atoms with Crippen LogP contribution in [0.3, 0.4) is 0 Å². The molecule has 0 saturated carbocycles. The van der Waals surface area contributed by atoms with Gasteiger partial charge >= 0.3 is 6.03 Å². The van der Waals surface area contributed by atoms with E-state index in [1.807, 2.05) is 42.2 Å². The number of hydrazine groups is 1. The van der Waals surface area contributed by atoms with Crippen molar-refractivity contribution in [3.8, 4) is 0 Å². The summed E-state index contributed by atoms with van der Waals surface area (Å²) in [5.41, 5.74) is 3.81. The number of amides is 3. The monoisotopic (exact) mass is 478 g/mol. The quantitative estimate of drug-likeness (QED) is 0.414. The molecule has 184 valence electrons. The Kier molecular flexibility index (Phi) is 9.27. The molecule has 1 aromatic carbocycles. The standard InChI is InChI=1S/C23H38N4O5Si/c1-5-31-23(33(2,3)4)32-20-16-27(21(28)17-26-11-13-30-14-12-26)25-22(29)24-19(20)15-18-9-7-6-8-10-18/h6-10,19-20,23H,5,11-17H2,1-4H3,(H2,24,25,29)/t19-,20-,23?/m1/s1. The predicted octanol–water partition coefficient (Wildman–Crippen LogP) is 1.61. The van der Waals surface area contributed by atoms with E-state index in [9.17, 15) is 9.59 Å². The predicted molar refractivity (Wildman–Crippen MR) is 128 cm³/mol. The van der Waals surface area contributed by atoms with Crippen LogP contribution in [0.4, 0.5) is 4.79 Å². The molecular formula is C23H38N4O5Si. The van der Waals surface area contributed by atoms with Crippen molar-refractivity contribution in [2.24, 2.45) is 0 Å². The lowest BCUT2D eigenvalue weighted by molar-refractivity contribution is -0.150. The first-order chi connectivity index (χ1) is 15.8. The number of rotatable bonds is 9. The Hall–Kier alpha value is -1.98. The van der Waals surface area contributed by atoms with Gasteiger partial charge in [-0.15, -0.1) is 0 Å². The molecule has 0 spiro atoms. The van der Waals surface area contributed by atoms with Gasteiger partial charge in [0.05, 0.1) is 32.3 Å². The summed E-state index contributed by atoms with van der Waals surface area (Å²) >= 11 is 0. The van der Waals surface area contributed by atoms with Gasteiger partial charge in [-0.2, -0.15) is 0 Å². The van der Waals surface area contributed by atoms with E-state index < -0.39 is 20.2 Å². The number of ether oxygens (including phenoxy) is 3. The second-order valence-corrected chi connectivity index (χ2v) is 14.8. The highest BCUT2D eigenvalue weighted by Gasteiger charge is 2.38. The van der Waals surface area contributed by atoms with E-state index >= 15 is 0 Å². The van der Waals surface area contributed by atoms with Gasteiger partial charge in [-0.05, 0) is 18.9 Å². The van der Waals surface area contributed by atoms with Gasteiger partial charge in [0, 0.05) is 19.7 Å². The lowest BCUT2D eigenvalue weighted by Gasteiger charge is -2.36. The van der Waals surface area contributed by atoms with Crippen molar-refractivity contribution in [1.82, 2.24) is 20.7 Å². The molecule has 0 bridgehead atoms. The smallest absolute Gasteiger partial charge is 0.333 e. The first-order valence-electron chi connectivity index (χ1n) is 11.7. The summed E-state index contributed by atoms with van der Waals surface area (Å²) in [6.07, 6.45) is 0.163. The van der Waals surface area contributed by atoms with Crippen molar-refractivity contribution in [1.29, 1.82) is 0 Å². The van der Waals surface area contributed by atoms with E-state index in [1.165, 1.54) is 5.01 Å². The number of nitrogens with zero attached hydrogens (tertiary/aromatic N) is 2. The summed E-state index contributed by atoms with van der Waals surface area (Å²) in [7, 11) is -1.83. The van der Waals surface area contributed by atoms with Crippen LogP contribution in [-0.4, -0.2) is 94.0 Å². The molecule has 10 heteroatoms. The zero-order valence-electron chi connectivity index (χ0n) is 20.2. The topological polar surface area (TPSA) is 92.4 Å². The maximum atomic E-state index is 13.1. The van der Waals surface area contributed by atoms with E-state index in [4.69, 9.17) is 14.2 Å². The fourth-order valence-corrected chi connectivity index (χ4v) is 5.21. The van der Waals surface area contributed by atoms with Crippen LogP contribution in [0, 0.1) is 0 Å². The van der Waals surface area contributed by atoms with Crippen LogP contribution in [0.2, 0.25) is 19.6 Å². The number of carbonyl (C=O) groups excluding carboxylic acids is 2. The maximum Gasteiger partial charge on any atom is 0.333 e. The maximum absolute atomic E-state index is 13.1. The van der Waals surface area contributed by atoms with Gasteiger partial charge in [-0.1, -0.05) is 50.0 Å². The molecule has 3 amide bonds. The van der Waals surface area contributed by atoms with E-state index in [1.54, 1.807) is 0 Å². The zero-order valence-corrected chi connectivity index (χ0v) is 21.2. The molecule has 0 radical (unpaired) electrons. The van der Waals surface area contributed by atoms with Crippen LogP contribution < -0.4 is 10.7 Å². The lowest BCUT2D eigenvalue weighted by atomic mass is 10.0. The van der Waals surface area contributed by atoms with Gasteiger partial charge in [0.1, 0.15) is 20.1 Å². The molecule has 2 aliphatic heterocycles. The number of benzene rings is 1. The van der Waals surface area contributed by atoms with Crippen LogP contribution in [0.25, 0.3) is 0 Å². The molecule has 2 heterocycles. The van der Waals surface area contributed by atoms with Crippen molar-refractivity contribution in [2.75, 3.05) is 46.0 Å². The van der Waals surface area contributed by atoms with Gasteiger partial charge in [0.2, 0.25) is 0 Å². The number of nitrogens with one attached hydrogen (secondary N) is 2. The van der Waals surface area contributed by atoms with Crippen molar-refractivity contribution >= 4 is 20.0 Å². The third-order valence-electron chi connectivity index (χ3n) is 5.75. The van der Waals surface area contributed by atoms with Crippen molar-refractivity contribution in [2.45, 2.75) is 51.0 Å². The molecule has 0 aliphatic carbocycles. The van der Waals surface area contributed by atoms with Gasteiger partial charge in [-0.25, -0.2) is 15.2 Å². The Morgan fingerprint density at radius 3 is 2.55 bits per heavy atom. The highest BCUT2D eigenvalue weighted by Crippen LogP contribution is 2.20. The van der Waals surface area contributed by atoms with E-state index in [0.29, 0.717) is 39.3 Å². The average molecular weight is 479 g/mol. The summed E-state index contributed by atoms with van der Waals surface area (Å²) in [6.45, 7) is 12.1. The van der Waals surface area contributed by atoms with Gasteiger partial charge in [0.15, 0.2) is 0 Å². The summed E-state index contributed by atoms with van der Waals surface area (Å²) in [5.74, 6) is -0.515. The van der Waals surface area contributed by atoms with Crippen LogP contribution in [-0.2, 0) is 25.4 Å². The Balaban J connectivity index is 1.80. The Bertz CT molecular complexity index is 770. The molecule has 33 heavy (non-hydrogen) atoms. The van der Waals surface area contributed by atoms with E-state index in [2.05, 4.69) is 30.4 Å². The molecular weight excluding hydrogens is 440 g/mol. The Labute approximate surface area is 197 Å². The number of morpholine rings is 1.